The van der Waals surface area contributed by atoms with E-state index in [-0.39, 0.29) is 0 Å². The molecule has 0 spiro atoms. The third-order valence-electron chi connectivity index (χ3n) is 2.89. The number of fused-ring (bicyclic) bond motifs is 1. The molecule has 0 fully saturated rings. The first-order valence-corrected chi connectivity index (χ1v) is 5.43. The van der Waals surface area contributed by atoms with Crippen molar-refractivity contribution < 1.29 is 4.74 Å². The summed E-state index contributed by atoms with van der Waals surface area (Å²) in [5, 5.41) is 0. The predicted molar refractivity (Wildman–Crippen MR) is 63.3 cm³/mol. The molecule has 0 aromatic heterocycles. The molecule has 1 aliphatic rings. The van der Waals surface area contributed by atoms with E-state index in [4.69, 9.17) is 10.5 Å². The van der Waals surface area contributed by atoms with Gasteiger partial charge in [-0.3, -0.25) is 0 Å². The first-order chi connectivity index (χ1) is 7.31. The predicted octanol–water partition coefficient (Wildman–Crippen LogP) is 1.67. The topological polar surface area (TPSA) is 38.5 Å². The summed E-state index contributed by atoms with van der Waals surface area (Å²) in [5.74, 6) is 0. The maximum absolute atomic E-state index is 5.81. The van der Waals surface area contributed by atoms with Gasteiger partial charge in [-0.25, -0.2) is 0 Å². The quantitative estimate of drug-likeness (QED) is 0.764. The van der Waals surface area contributed by atoms with Crippen molar-refractivity contribution in [3.05, 3.63) is 23.8 Å². The first kappa shape index (κ1) is 10.3. The van der Waals surface area contributed by atoms with Crippen LogP contribution in [0.2, 0.25) is 0 Å². The minimum absolute atomic E-state index is 0.772. The van der Waals surface area contributed by atoms with Gasteiger partial charge in [-0.1, -0.05) is 6.07 Å². The van der Waals surface area contributed by atoms with Crippen molar-refractivity contribution in [2.45, 2.75) is 12.8 Å². The van der Waals surface area contributed by atoms with Crippen LogP contribution in [0.1, 0.15) is 12.0 Å². The summed E-state index contributed by atoms with van der Waals surface area (Å²) in [4.78, 5) is 2.36. The van der Waals surface area contributed by atoms with Crippen molar-refractivity contribution in [2.24, 2.45) is 0 Å². The summed E-state index contributed by atoms with van der Waals surface area (Å²) in [5.41, 5.74) is 9.36. The highest BCUT2D eigenvalue weighted by Gasteiger charge is 2.16. The van der Waals surface area contributed by atoms with E-state index in [1.54, 1.807) is 7.11 Å². The molecule has 0 aliphatic carbocycles. The summed E-state index contributed by atoms with van der Waals surface area (Å²) >= 11 is 0. The molecule has 3 nitrogen and oxygen atoms in total. The zero-order valence-corrected chi connectivity index (χ0v) is 9.20. The van der Waals surface area contributed by atoms with Gasteiger partial charge in [0.1, 0.15) is 0 Å². The number of methoxy groups -OCH3 is 1. The molecular formula is C12H18N2O. The van der Waals surface area contributed by atoms with Crippen LogP contribution in [0.15, 0.2) is 18.2 Å². The Hall–Kier alpha value is -1.22. The fraction of sp³-hybridized carbons (Fsp3) is 0.500. The van der Waals surface area contributed by atoms with E-state index >= 15 is 0 Å². The highest BCUT2D eigenvalue weighted by Crippen LogP contribution is 2.28. The number of nitrogens with two attached hydrogens (primary N) is 1. The number of aryl methyl sites for hydroxylation is 1. The van der Waals surface area contributed by atoms with Gasteiger partial charge in [0, 0.05) is 31.6 Å². The van der Waals surface area contributed by atoms with Crippen LogP contribution < -0.4 is 10.6 Å². The van der Waals surface area contributed by atoms with E-state index in [0.29, 0.717) is 0 Å². The Morgan fingerprint density at radius 1 is 1.47 bits per heavy atom. The monoisotopic (exact) mass is 206 g/mol. The first-order valence-electron chi connectivity index (χ1n) is 5.43. The fourth-order valence-corrected chi connectivity index (χ4v) is 2.10. The zero-order chi connectivity index (χ0) is 10.7. The second-order valence-electron chi connectivity index (χ2n) is 3.97. The van der Waals surface area contributed by atoms with Crippen LogP contribution in [0.25, 0.3) is 0 Å². The molecule has 0 saturated carbocycles. The normalized spacial score (nSPS) is 15.1. The number of nitrogen functional groups attached to an aromatic ring is 1. The number of rotatable bonds is 3. The molecule has 0 unspecified atom stereocenters. The van der Waals surface area contributed by atoms with Crippen molar-refractivity contribution in [1.29, 1.82) is 0 Å². The standard InChI is InChI=1S/C12H18N2O/c1-15-8-7-14-6-2-3-10-4-5-11(13)9-12(10)14/h4-5,9H,2-3,6-8,13H2,1H3. The van der Waals surface area contributed by atoms with Gasteiger partial charge in [-0.15, -0.1) is 0 Å². The number of ether oxygens (including phenoxy) is 1. The van der Waals surface area contributed by atoms with Gasteiger partial charge in [-0.2, -0.15) is 0 Å². The lowest BCUT2D eigenvalue weighted by Gasteiger charge is -2.31. The van der Waals surface area contributed by atoms with Gasteiger partial charge >= 0.3 is 0 Å². The Bertz CT molecular complexity index is 338. The van der Waals surface area contributed by atoms with Gasteiger partial charge in [0.15, 0.2) is 0 Å². The van der Waals surface area contributed by atoms with Crippen LogP contribution in [0.3, 0.4) is 0 Å². The molecule has 15 heavy (non-hydrogen) atoms. The Morgan fingerprint density at radius 2 is 2.33 bits per heavy atom. The van der Waals surface area contributed by atoms with E-state index in [0.717, 1.165) is 25.4 Å². The molecule has 3 heteroatoms. The smallest absolute Gasteiger partial charge is 0.0637 e. The van der Waals surface area contributed by atoms with Crippen molar-refractivity contribution in [2.75, 3.05) is 37.4 Å². The highest BCUT2D eigenvalue weighted by molar-refractivity contribution is 5.62. The number of benzene rings is 1. The summed E-state index contributed by atoms with van der Waals surface area (Å²) < 4.78 is 5.12. The minimum atomic E-state index is 0.772. The Kier molecular flexibility index (Phi) is 3.11. The summed E-state index contributed by atoms with van der Waals surface area (Å²) in [6, 6.07) is 6.20. The molecule has 1 aliphatic heterocycles. The van der Waals surface area contributed by atoms with Crippen LogP contribution >= 0.6 is 0 Å². The molecule has 1 aromatic carbocycles. The van der Waals surface area contributed by atoms with E-state index in [9.17, 15) is 0 Å². The third kappa shape index (κ3) is 2.23. The Labute approximate surface area is 90.8 Å². The van der Waals surface area contributed by atoms with Crippen molar-refractivity contribution in [1.82, 2.24) is 0 Å². The van der Waals surface area contributed by atoms with Crippen molar-refractivity contribution >= 4 is 11.4 Å². The molecule has 2 N–H and O–H groups in total. The second kappa shape index (κ2) is 4.53. The van der Waals surface area contributed by atoms with Crippen LogP contribution in [0.4, 0.5) is 11.4 Å². The molecule has 0 atom stereocenters. The Morgan fingerprint density at radius 3 is 3.13 bits per heavy atom. The van der Waals surface area contributed by atoms with Gasteiger partial charge in [0.25, 0.3) is 0 Å². The average molecular weight is 206 g/mol. The molecular weight excluding hydrogens is 188 g/mol. The molecule has 1 heterocycles. The minimum Gasteiger partial charge on any atom is -0.399 e. The third-order valence-corrected chi connectivity index (χ3v) is 2.89. The fourth-order valence-electron chi connectivity index (χ4n) is 2.10. The van der Waals surface area contributed by atoms with Crippen LogP contribution in [-0.4, -0.2) is 26.8 Å². The number of nitrogens with zero attached hydrogens (tertiary/aromatic N) is 1. The van der Waals surface area contributed by atoms with Crippen molar-refractivity contribution in [3.63, 3.8) is 0 Å². The Balaban J connectivity index is 2.20. The van der Waals surface area contributed by atoms with E-state index in [1.165, 1.54) is 24.1 Å². The van der Waals surface area contributed by atoms with Gasteiger partial charge in [0.05, 0.1) is 6.61 Å². The second-order valence-corrected chi connectivity index (χ2v) is 3.97. The maximum Gasteiger partial charge on any atom is 0.0637 e. The molecule has 1 aromatic rings. The van der Waals surface area contributed by atoms with Gasteiger partial charge < -0.3 is 15.4 Å². The van der Waals surface area contributed by atoms with E-state index in [2.05, 4.69) is 17.0 Å². The molecule has 0 bridgehead atoms. The maximum atomic E-state index is 5.81. The number of hydrogen-bond donors (Lipinski definition) is 1. The van der Waals surface area contributed by atoms with Crippen molar-refractivity contribution in [3.8, 4) is 0 Å². The molecule has 0 saturated heterocycles. The largest absolute Gasteiger partial charge is 0.399 e. The van der Waals surface area contributed by atoms with Gasteiger partial charge in [0.2, 0.25) is 0 Å². The number of hydrogen-bond acceptors (Lipinski definition) is 3. The lowest BCUT2D eigenvalue weighted by molar-refractivity contribution is 0.205. The molecule has 0 amide bonds. The lowest BCUT2D eigenvalue weighted by Crippen LogP contribution is -2.32. The van der Waals surface area contributed by atoms with Crippen LogP contribution in [-0.2, 0) is 11.2 Å². The SMILES string of the molecule is COCCN1CCCc2ccc(N)cc21. The molecule has 0 radical (unpaired) electrons. The van der Waals surface area contributed by atoms with Crippen LogP contribution in [0.5, 0.6) is 0 Å². The molecule has 2 rings (SSSR count). The highest BCUT2D eigenvalue weighted by atomic mass is 16.5. The average Bonchev–Trinajstić information content (AvgIpc) is 2.26. The lowest BCUT2D eigenvalue weighted by atomic mass is 10.0. The zero-order valence-electron chi connectivity index (χ0n) is 9.20. The summed E-state index contributed by atoms with van der Waals surface area (Å²) in [7, 11) is 1.74. The summed E-state index contributed by atoms with van der Waals surface area (Å²) in [6.45, 7) is 2.83. The van der Waals surface area contributed by atoms with E-state index in [1.807, 2.05) is 6.07 Å². The summed E-state index contributed by atoms with van der Waals surface area (Å²) in [6.07, 6.45) is 2.39. The molecule has 82 valence electrons. The van der Waals surface area contributed by atoms with E-state index < -0.39 is 0 Å². The number of anilines is 2. The van der Waals surface area contributed by atoms with Crippen LogP contribution in [0, 0.1) is 0 Å². The van der Waals surface area contributed by atoms with Gasteiger partial charge in [-0.05, 0) is 30.5 Å².